The van der Waals surface area contributed by atoms with Crippen LogP contribution in [0, 0.1) is 6.57 Å². The van der Waals surface area contributed by atoms with Gasteiger partial charge in [0.05, 0.1) is 6.04 Å². The van der Waals surface area contributed by atoms with Crippen molar-refractivity contribution in [3.05, 3.63) is 11.4 Å². The van der Waals surface area contributed by atoms with Gasteiger partial charge in [0.1, 0.15) is 0 Å². The third-order valence-corrected chi connectivity index (χ3v) is 1.47. The molecule has 1 saturated heterocycles. The van der Waals surface area contributed by atoms with Crippen LogP contribution in [0.15, 0.2) is 0 Å². The van der Waals surface area contributed by atoms with Crippen LogP contribution in [0.4, 0.5) is 0 Å². The van der Waals surface area contributed by atoms with E-state index < -0.39 is 0 Å². The van der Waals surface area contributed by atoms with Gasteiger partial charge in [-0.3, -0.25) is 0 Å². The summed E-state index contributed by atoms with van der Waals surface area (Å²) >= 11 is 0. The highest BCUT2D eigenvalue weighted by Crippen LogP contribution is 2.03. The molecular weight excluding hydrogens is 100 g/mol. The van der Waals surface area contributed by atoms with Gasteiger partial charge in [-0.1, -0.05) is 0 Å². The Hall–Kier alpha value is -0.550. The number of nitrogens with one attached hydrogen (secondary N) is 1. The molecular formula is C6H10N2. The van der Waals surface area contributed by atoms with E-state index in [-0.39, 0.29) is 0 Å². The topological polar surface area (TPSA) is 16.4 Å². The summed E-state index contributed by atoms with van der Waals surface area (Å²) in [6.45, 7) is 8.33. The Morgan fingerprint density at radius 1 is 1.75 bits per heavy atom. The molecule has 44 valence electrons. The second-order valence-corrected chi connectivity index (χ2v) is 2.13. The SMILES string of the molecule is [C-]#[N+]CC1CCCN1. The van der Waals surface area contributed by atoms with Gasteiger partial charge in [0.15, 0.2) is 0 Å². The van der Waals surface area contributed by atoms with Crippen molar-refractivity contribution in [3.8, 4) is 0 Å². The molecule has 0 amide bonds. The molecule has 0 bridgehead atoms. The van der Waals surface area contributed by atoms with Crippen molar-refractivity contribution in [1.82, 2.24) is 5.32 Å². The van der Waals surface area contributed by atoms with Gasteiger partial charge in [-0.05, 0) is 19.4 Å². The van der Waals surface area contributed by atoms with Crippen LogP contribution in [-0.4, -0.2) is 19.1 Å². The van der Waals surface area contributed by atoms with Crippen LogP contribution < -0.4 is 5.32 Å². The highest BCUT2D eigenvalue weighted by Gasteiger charge is 2.15. The zero-order valence-corrected chi connectivity index (χ0v) is 4.85. The third-order valence-electron chi connectivity index (χ3n) is 1.47. The molecule has 0 aliphatic carbocycles. The lowest BCUT2D eigenvalue weighted by atomic mass is 10.2. The molecule has 8 heavy (non-hydrogen) atoms. The average Bonchev–Trinajstić information content (AvgIpc) is 2.19. The monoisotopic (exact) mass is 110 g/mol. The van der Waals surface area contributed by atoms with Crippen molar-refractivity contribution in [1.29, 1.82) is 0 Å². The van der Waals surface area contributed by atoms with Gasteiger partial charge < -0.3 is 10.2 Å². The summed E-state index contributed by atoms with van der Waals surface area (Å²) in [7, 11) is 0. The Kier molecular flexibility index (Phi) is 1.87. The van der Waals surface area contributed by atoms with Crippen molar-refractivity contribution in [2.24, 2.45) is 0 Å². The molecule has 0 spiro atoms. The summed E-state index contributed by atoms with van der Waals surface area (Å²) in [5, 5.41) is 3.24. The second-order valence-electron chi connectivity index (χ2n) is 2.13. The Balaban J connectivity index is 2.17. The first-order valence-corrected chi connectivity index (χ1v) is 3.00. The Morgan fingerprint density at radius 2 is 2.62 bits per heavy atom. The molecule has 0 saturated carbocycles. The van der Waals surface area contributed by atoms with Crippen LogP contribution in [0.5, 0.6) is 0 Å². The zero-order valence-electron chi connectivity index (χ0n) is 4.85. The van der Waals surface area contributed by atoms with Crippen molar-refractivity contribution in [2.75, 3.05) is 13.1 Å². The summed E-state index contributed by atoms with van der Waals surface area (Å²) in [4.78, 5) is 3.31. The molecule has 1 N–H and O–H groups in total. The molecule has 0 aromatic carbocycles. The summed E-state index contributed by atoms with van der Waals surface area (Å²) in [5.41, 5.74) is 0. The predicted octanol–water partition coefficient (Wildman–Crippen LogP) is 0.658. The first kappa shape index (κ1) is 5.58. The first-order valence-electron chi connectivity index (χ1n) is 3.00. The lowest BCUT2D eigenvalue weighted by molar-refractivity contribution is 0.648. The first-order chi connectivity index (χ1) is 3.93. The molecule has 2 heteroatoms. The standard InChI is InChI=1S/C6H10N2/c1-7-5-6-3-2-4-8-6/h6,8H,2-5H2. The summed E-state index contributed by atoms with van der Waals surface area (Å²) in [6, 6.07) is 0.507. The van der Waals surface area contributed by atoms with E-state index in [2.05, 4.69) is 10.2 Å². The minimum atomic E-state index is 0.507. The normalized spacial score (nSPS) is 27.6. The maximum Gasteiger partial charge on any atom is 0.229 e. The molecule has 1 aliphatic rings. The maximum atomic E-state index is 6.55. The molecule has 2 nitrogen and oxygen atoms in total. The number of hydrogen-bond acceptors (Lipinski definition) is 1. The third kappa shape index (κ3) is 1.21. The lowest BCUT2D eigenvalue weighted by Crippen LogP contribution is -2.23. The van der Waals surface area contributed by atoms with Gasteiger partial charge in [0, 0.05) is 0 Å². The van der Waals surface area contributed by atoms with E-state index in [1.807, 2.05) is 0 Å². The van der Waals surface area contributed by atoms with Gasteiger partial charge in [0.2, 0.25) is 6.54 Å². The van der Waals surface area contributed by atoms with Crippen LogP contribution in [0.25, 0.3) is 4.85 Å². The second kappa shape index (κ2) is 2.68. The molecule has 1 unspecified atom stereocenters. The maximum absolute atomic E-state index is 6.55. The van der Waals surface area contributed by atoms with E-state index in [0.29, 0.717) is 12.6 Å². The predicted molar refractivity (Wildman–Crippen MR) is 32.5 cm³/mol. The fourth-order valence-corrected chi connectivity index (χ4v) is 1.02. The molecule has 1 heterocycles. The average molecular weight is 110 g/mol. The number of hydrogen-bond donors (Lipinski definition) is 1. The lowest BCUT2D eigenvalue weighted by Gasteiger charge is -1.97. The van der Waals surface area contributed by atoms with Crippen LogP contribution in [-0.2, 0) is 0 Å². The van der Waals surface area contributed by atoms with E-state index in [9.17, 15) is 0 Å². The highest BCUT2D eigenvalue weighted by molar-refractivity contribution is 4.80. The Morgan fingerprint density at radius 3 is 3.12 bits per heavy atom. The molecule has 0 aromatic rings. The fraction of sp³-hybridized carbons (Fsp3) is 0.833. The van der Waals surface area contributed by atoms with Crippen molar-refractivity contribution >= 4 is 0 Å². The molecule has 1 atom stereocenters. The summed E-state index contributed by atoms with van der Waals surface area (Å²) in [5.74, 6) is 0. The van der Waals surface area contributed by atoms with E-state index in [1.165, 1.54) is 12.8 Å². The molecule has 1 fully saturated rings. The number of nitrogens with zero attached hydrogens (tertiary/aromatic N) is 1. The summed E-state index contributed by atoms with van der Waals surface area (Å²) < 4.78 is 0. The van der Waals surface area contributed by atoms with Crippen molar-refractivity contribution in [2.45, 2.75) is 18.9 Å². The molecule has 0 aromatic heterocycles. The number of rotatable bonds is 1. The van der Waals surface area contributed by atoms with Gasteiger partial charge in [-0.25, -0.2) is 6.57 Å². The minimum absolute atomic E-state index is 0.507. The van der Waals surface area contributed by atoms with Gasteiger partial charge in [-0.2, -0.15) is 0 Å². The van der Waals surface area contributed by atoms with E-state index in [4.69, 9.17) is 6.57 Å². The fourth-order valence-electron chi connectivity index (χ4n) is 1.02. The van der Waals surface area contributed by atoms with Crippen LogP contribution in [0.1, 0.15) is 12.8 Å². The van der Waals surface area contributed by atoms with Crippen LogP contribution in [0.2, 0.25) is 0 Å². The van der Waals surface area contributed by atoms with Crippen molar-refractivity contribution < 1.29 is 0 Å². The van der Waals surface area contributed by atoms with Gasteiger partial charge in [0.25, 0.3) is 0 Å². The van der Waals surface area contributed by atoms with Gasteiger partial charge in [-0.15, -0.1) is 0 Å². The molecule has 0 radical (unpaired) electrons. The molecule has 1 aliphatic heterocycles. The quantitative estimate of drug-likeness (QED) is 0.490. The molecule has 1 rings (SSSR count). The Bertz CT molecular complexity index is 97.6. The van der Waals surface area contributed by atoms with E-state index >= 15 is 0 Å². The zero-order chi connectivity index (χ0) is 5.82. The Labute approximate surface area is 49.7 Å². The smallest absolute Gasteiger partial charge is 0.229 e. The van der Waals surface area contributed by atoms with Crippen LogP contribution >= 0.6 is 0 Å². The summed E-state index contributed by atoms with van der Waals surface area (Å²) in [6.07, 6.45) is 2.45. The minimum Gasteiger partial charge on any atom is -0.315 e. The van der Waals surface area contributed by atoms with Crippen molar-refractivity contribution in [3.63, 3.8) is 0 Å². The highest BCUT2D eigenvalue weighted by atomic mass is 15.0. The van der Waals surface area contributed by atoms with Crippen LogP contribution in [0.3, 0.4) is 0 Å². The van der Waals surface area contributed by atoms with E-state index in [0.717, 1.165) is 6.54 Å². The largest absolute Gasteiger partial charge is 0.315 e. The van der Waals surface area contributed by atoms with Gasteiger partial charge >= 0.3 is 0 Å². The van der Waals surface area contributed by atoms with E-state index in [1.54, 1.807) is 0 Å².